The summed E-state index contributed by atoms with van der Waals surface area (Å²) in [4.78, 5) is 0.800. The molecule has 2 heteroatoms. The third-order valence-electron chi connectivity index (χ3n) is 2.74. The van der Waals surface area contributed by atoms with E-state index in [1.807, 2.05) is 36.4 Å². The van der Waals surface area contributed by atoms with Crippen molar-refractivity contribution < 1.29 is 0 Å². The predicted molar refractivity (Wildman–Crippen MR) is 76.2 cm³/mol. The molecular weight excluding hydrogens is 226 g/mol. The van der Waals surface area contributed by atoms with Gasteiger partial charge in [0.25, 0.3) is 0 Å². The Morgan fingerprint density at radius 3 is 2.35 bits per heavy atom. The topological polar surface area (TPSA) is 12.0 Å². The number of rotatable bonds is 3. The molecule has 0 aliphatic rings. The first-order valence-corrected chi connectivity index (χ1v) is 6.06. The lowest BCUT2D eigenvalue weighted by Crippen LogP contribution is -2.21. The number of nitrogens with one attached hydrogen (secondary N) is 1. The lowest BCUT2D eigenvalue weighted by Gasteiger charge is -2.09. The number of aryl methyl sites for hydroxylation is 1. The molecule has 0 saturated heterocycles. The maximum atomic E-state index is 5.35. The Bertz CT molecular complexity index is 505. The zero-order valence-corrected chi connectivity index (χ0v) is 10.6. The van der Waals surface area contributed by atoms with Gasteiger partial charge in [0.05, 0.1) is 0 Å². The van der Waals surface area contributed by atoms with Crippen LogP contribution in [0.25, 0.3) is 0 Å². The highest BCUT2D eigenvalue weighted by Crippen LogP contribution is 2.07. The van der Waals surface area contributed by atoms with Crippen molar-refractivity contribution >= 4 is 17.2 Å². The lowest BCUT2D eigenvalue weighted by atomic mass is 10.1. The fourth-order valence-electron chi connectivity index (χ4n) is 1.68. The Balaban J connectivity index is 2.00. The summed E-state index contributed by atoms with van der Waals surface area (Å²) in [5.41, 5.74) is 3.64. The van der Waals surface area contributed by atoms with Crippen molar-refractivity contribution in [2.75, 3.05) is 0 Å². The molecule has 0 heterocycles. The van der Waals surface area contributed by atoms with Gasteiger partial charge in [-0.25, -0.2) is 0 Å². The molecule has 17 heavy (non-hydrogen) atoms. The minimum Gasteiger partial charge on any atom is -0.372 e. The van der Waals surface area contributed by atoms with E-state index in [4.69, 9.17) is 12.2 Å². The third-order valence-corrected chi connectivity index (χ3v) is 3.12. The van der Waals surface area contributed by atoms with Gasteiger partial charge in [0, 0.05) is 12.1 Å². The van der Waals surface area contributed by atoms with Crippen LogP contribution in [0.1, 0.15) is 16.7 Å². The van der Waals surface area contributed by atoms with Crippen molar-refractivity contribution in [1.82, 2.24) is 5.32 Å². The van der Waals surface area contributed by atoms with E-state index >= 15 is 0 Å². The summed E-state index contributed by atoms with van der Waals surface area (Å²) in [6, 6.07) is 18.4. The van der Waals surface area contributed by atoms with Gasteiger partial charge in [-0.1, -0.05) is 66.8 Å². The fourth-order valence-corrected chi connectivity index (χ4v) is 1.88. The Morgan fingerprint density at radius 2 is 1.65 bits per heavy atom. The summed E-state index contributed by atoms with van der Waals surface area (Å²) in [7, 11) is 0. The highest BCUT2D eigenvalue weighted by atomic mass is 32.1. The van der Waals surface area contributed by atoms with Crippen LogP contribution in [0.15, 0.2) is 54.6 Å². The van der Waals surface area contributed by atoms with E-state index in [9.17, 15) is 0 Å². The van der Waals surface area contributed by atoms with E-state index in [1.165, 1.54) is 11.1 Å². The maximum Gasteiger partial charge on any atom is 0.106 e. The lowest BCUT2D eigenvalue weighted by molar-refractivity contribution is 0.918. The van der Waals surface area contributed by atoms with Crippen LogP contribution in [0.4, 0.5) is 0 Å². The molecule has 0 aliphatic carbocycles. The smallest absolute Gasteiger partial charge is 0.106 e. The Morgan fingerprint density at radius 1 is 1.00 bits per heavy atom. The predicted octanol–water partition coefficient (Wildman–Crippen LogP) is 3.46. The molecule has 0 atom stereocenters. The minimum absolute atomic E-state index is 0.778. The molecule has 2 rings (SSSR count). The summed E-state index contributed by atoms with van der Waals surface area (Å²) in [5.74, 6) is 0. The molecule has 0 saturated carbocycles. The third kappa shape index (κ3) is 3.14. The van der Waals surface area contributed by atoms with Crippen molar-refractivity contribution in [3.05, 3.63) is 71.3 Å². The molecule has 0 aliphatic heterocycles. The van der Waals surface area contributed by atoms with Crippen LogP contribution < -0.4 is 5.32 Å². The first-order chi connectivity index (χ1) is 8.27. The fraction of sp³-hybridized carbons (Fsp3) is 0.133. The second-order valence-corrected chi connectivity index (χ2v) is 4.38. The molecule has 1 nitrogen and oxygen atoms in total. The summed E-state index contributed by atoms with van der Waals surface area (Å²) in [6.07, 6.45) is 0. The van der Waals surface area contributed by atoms with Gasteiger partial charge in [-0.2, -0.15) is 0 Å². The quantitative estimate of drug-likeness (QED) is 0.826. The van der Waals surface area contributed by atoms with Crippen molar-refractivity contribution in [3.8, 4) is 0 Å². The summed E-state index contributed by atoms with van der Waals surface area (Å²) < 4.78 is 0. The van der Waals surface area contributed by atoms with Crippen LogP contribution >= 0.6 is 12.2 Å². The van der Waals surface area contributed by atoms with Crippen LogP contribution in [0.2, 0.25) is 0 Å². The first kappa shape index (κ1) is 11.8. The van der Waals surface area contributed by atoms with Crippen molar-refractivity contribution in [1.29, 1.82) is 0 Å². The molecule has 0 spiro atoms. The molecule has 0 radical (unpaired) electrons. The number of hydrogen-bond donors (Lipinski definition) is 1. The summed E-state index contributed by atoms with van der Waals surface area (Å²) >= 11 is 5.35. The van der Waals surface area contributed by atoms with Crippen molar-refractivity contribution in [2.45, 2.75) is 13.5 Å². The largest absolute Gasteiger partial charge is 0.372 e. The Kier molecular flexibility index (Phi) is 3.89. The average Bonchev–Trinajstić information content (AvgIpc) is 2.38. The molecule has 86 valence electrons. The van der Waals surface area contributed by atoms with Gasteiger partial charge < -0.3 is 5.32 Å². The normalized spacial score (nSPS) is 9.94. The van der Waals surface area contributed by atoms with Gasteiger partial charge >= 0.3 is 0 Å². The SMILES string of the molecule is Cc1ccccc1CNC(=S)c1ccccc1. The minimum atomic E-state index is 0.778. The highest BCUT2D eigenvalue weighted by molar-refractivity contribution is 7.80. The van der Waals surface area contributed by atoms with E-state index < -0.39 is 0 Å². The highest BCUT2D eigenvalue weighted by Gasteiger charge is 2.01. The van der Waals surface area contributed by atoms with Crippen LogP contribution in [0, 0.1) is 6.92 Å². The first-order valence-electron chi connectivity index (χ1n) is 5.65. The Hall–Kier alpha value is -1.67. The molecule has 0 fully saturated rings. The van der Waals surface area contributed by atoms with Crippen LogP contribution in [-0.4, -0.2) is 4.99 Å². The maximum absolute atomic E-state index is 5.35. The molecule has 0 unspecified atom stereocenters. The molecule has 0 bridgehead atoms. The van der Waals surface area contributed by atoms with Crippen molar-refractivity contribution in [3.63, 3.8) is 0 Å². The van der Waals surface area contributed by atoms with E-state index in [0.29, 0.717) is 0 Å². The monoisotopic (exact) mass is 241 g/mol. The van der Waals surface area contributed by atoms with Crippen LogP contribution in [0.3, 0.4) is 0 Å². The second kappa shape index (κ2) is 5.60. The standard InChI is InChI=1S/C15H15NS/c1-12-7-5-6-10-14(12)11-16-15(17)13-8-3-2-4-9-13/h2-10H,11H2,1H3,(H,16,17). The Labute approximate surface area is 107 Å². The summed E-state index contributed by atoms with van der Waals surface area (Å²) in [5, 5.41) is 3.29. The van der Waals surface area contributed by atoms with E-state index in [-0.39, 0.29) is 0 Å². The summed E-state index contributed by atoms with van der Waals surface area (Å²) in [6.45, 7) is 2.89. The zero-order valence-electron chi connectivity index (χ0n) is 9.81. The van der Waals surface area contributed by atoms with Crippen LogP contribution in [-0.2, 0) is 6.54 Å². The van der Waals surface area contributed by atoms with Gasteiger partial charge in [0.2, 0.25) is 0 Å². The molecule has 2 aromatic rings. The molecule has 1 N–H and O–H groups in total. The van der Waals surface area contributed by atoms with Crippen LogP contribution in [0.5, 0.6) is 0 Å². The van der Waals surface area contributed by atoms with Crippen molar-refractivity contribution in [2.24, 2.45) is 0 Å². The van der Waals surface area contributed by atoms with Gasteiger partial charge in [-0.15, -0.1) is 0 Å². The number of thiocarbonyl (C=S) groups is 1. The van der Waals surface area contributed by atoms with E-state index in [1.54, 1.807) is 0 Å². The van der Waals surface area contributed by atoms with Gasteiger partial charge in [0.1, 0.15) is 4.99 Å². The average molecular weight is 241 g/mol. The zero-order chi connectivity index (χ0) is 12.1. The second-order valence-electron chi connectivity index (χ2n) is 3.98. The number of benzene rings is 2. The molecule has 0 amide bonds. The van der Waals surface area contributed by atoms with Gasteiger partial charge in [0.15, 0.2) is 0 Å². The van der Waals surface area contributed by atoms with Gasteiger partial charge in [-0.3, -0.25) is 0 Å². The van der Waals surface area contributed by atoms with E-state index in [0.717, 1.165) is 17.1 Å². The van der Waals surface area contributed by atoms with Gasteiger partial charge in [-0.05, 0) is 18.1 Å². The van der Waals surface area contributed by atoms with E-state index in [2.05, 4.69) is 30.4 Å². The number of hydrogen-bond acceptors (Lipinski definition) is 1. The molecule has 2 aromatic carbocycles. The molecule has 0 aromatic heterocycles. The molecular formula is C15H15NS.